The van der Waals surface area contributed by atoms with E-state index in [1.165, 1.54) is 6.42 Å². The van der Waals surface area contributed by atoms with Crippen molar-refractivity contribution in [1.29, 1.82) is 0 Å². The summed E-state index contributed by atoms with van der Waals surface area (Å²) in [5, 5.41) is 0. The van der Waals surface area contributed by atoms with Gasteiger partial charge in [0, 0.05) is 28.7 Å². The van der Waals surface area contributed by atoms with Crippen LogP contribution in [0.25, 0.3) is 0 Å². The molecule has 1 rings (SSSR count). The van der Waals surface area contributed by atoms with Crippen molar-refractivity contribution >= 4 is 48.6 Å². The molecule has 194 valence electrons. The van der Waals surface area contributed by atoms with Gasteiger partial charge in [-0.3, -0.25) is 13.2 Å². The maximum atomic E-state index is 10.3. The van der Waals surface area contributed by atoms with Crippen molar-refractivity contribution in [1.82, 2.24) is 0 Å². The standard InChI is InChI=1S/C7H17O3P3.C3H8.CH7O9P3.2CH4/c1-5-3-6(8-2)7(10-5)4-9-12-13-11;1-3-2;1-11(2,3)9-13(7,8)10-12(4,5)6;;/h5-7,12-13H,3-4,11H2,1-2H3;3H2,1-2H3;1H3,(H,2,3)(H,7,8)(H2,4,5,6);2*1H4/p-4/t5-,6?,7+;;;;/m0..../s1. The van der Waals surface area contributed by atoms with Crippen LogP contribution in [0.15, 0.2) is 0 Å². The molecule has 1 aliphatic heterocycles. The van der Waals surface area contributed by atoms with Crippen molar-refractivity contribution in [2.75, 3.05) is 20.4 Å². The first-order valence-electron chi connectivity index (χ1n) is 8.15. The molecule has 8 atom stereocenters. The fourth-order valence-electron chi connectivity index (χ4n) is 1.80. The van der Waals surface area contributed by atoms with E-state index < -0.39 is 23.2 Å². The Morgan fingerprint density at radius 3 is 1.94 bits per heavy atom. The summed E-state index contributed by atoms with van der Waals surface area (Å²) in [6, 6.07) is 0. The third-order valence-electron chi connectivity index (χ3n) is 2.52. The normalized spacial score (nSPS) is 24.8. The van der Waals surface area contributed by atoms with E-state index >= 15 is 0 Å². The Bertz CT molecular complexity index is 539. The van der Waals surface area contributed by atoms with Gasteiger partial charge < -0.3 is 42.7 Å². The Hall–Kier alpha value is 1.62. The summed E-state index contributed by atoms with van der Waals surface area (Å²) in [7, 11) is -10.4. The molecule has 1 heterocycles. The van der Waals surface area contributed by atoms with Crippen LogP contribution in [0.2, 0.25) is 0 Å². The first-order chi connectivity index (χ1) is 13.1. The highest BCUT2D eigenvalue weighted by Crippen LogP contribution is 2.58. The molecule has 0 saturated carbocycles. The van der Waals surface area contributed by atoms with Crippen molar-refractivity contribution in [2.45, 2.75) is 66.8 Å². The van der Waals surface area contributed by atoms with E-state index in [9.17, 15) is 33.3 Å². The second-order valence-electron chi connectivity index (χ2n) is 5.59. The predicted molar refractivity (Wildman–Crippen MR) is 122 cm³/mol. The average Bonchev–Trinajstić information content (AvgIpc) is 2.84. The molecule has 0 amide bonds. The summed E-state index contributed by atoms with van der Waals surface area (Å²) in [6.45, 7) is 7.36. The topological polar surface area (TPSA) is 190 Å². The van der Waals surface area contributed by atoms with Gasteiger partial charge in [-0.1, -0.05) is 43.1 Å². The van der Waals surface area contributed by atoms with E-state index in [0.29, 0.717) is 27.9 Å². The van der Waals surface area contributed by atoms with E-state index in [1.54, 1.807) is 7.11 Å². The predicted octanol–water partition coefficient (Wildman–Crippen LogP) is 2.36. The van der Waals surface area contributed by atoms with Crippen molar-refractivity contribution in [3.63, 3.8) is 0 Å². The second kappa shape index (κ2) is 19.9. The molecular weight excluding hydrogens is 534 g/mol. The summed E-state index contributed by atoms with van der Waals surface area (Å²) in [5.41, 5.74) is 0. The van der Waals surface area contributed by atoms with E-state index in [1.807, 2.05) is 0 Å². The molecule has 0 radical (unpaired) electrons. The van der Waals surface area contributed by atoms with Gasteiger partial charge >= 0.3 is 0 Å². The highest BCUT2D eigenvalue weighted by molar-refractivity contribution is 8.37. The molecule has 0 aromatic heterocycles. The summed E-state index contributed by atoms with van der Waals surface area (Å²) in [5.74, 6) is 0. The van der Waals surface area contributed by atoms with Crippen molar-refractivity contribution in [2.24, 2.45) is 0 Å². The molecule has 1 saturated heterocycles. The third-order valence-corrected chi connectivity index (χ3v) is 8.38. The largest absolute Gasteiger partial charge is 0.790 e. The van der Waals surface area contributed by atoms with Gasteiger partial charge in [-0.15, -0.1) is 8.93 Å². The highest BCUT2D eigenvalue weighted by atomic mass is 32.4. The van der Waals surface area contributed by atoms with Crippen LogP contribution in [0.1, 0.15) is 48.5 Å². The van der Waals surface area contributed by atoms with Gasteiger partial charge in [0.1, 0.15) is 13.7 Å². The zero-order chi connectivity index (χ0) is 23.3. The maximum absolute atomic E-state index is 10.3. The number of phosphoric acid groups is 2. The smallest absolute Gasteiger partial charge is 0.276 e. The number of rotatable bonds is 9. The van der Waals surface area contributed by atoms with Gasteiger partial charge in [0.2, 0.25) is 0 Å². The van der Waals surface area contributed by atoms with Gasteiger partial charge in [0.15, 0.2) is 0 Å². The summed E-state index contributed by atoms with van der Waals surface area (Å²) in [6.07, 6.45) is 2.89. The minimum Gasteiger partial charge on any atom is -0.790 e. The van der Waals surface area contributed by atoms with Gasteiger partial charge in [0.05, 0.1) is 26.6 Å². The van der Waals surface area contributed by atoms with Crippen LogP contribution in [0, 0.1) is 0 Å². The van der Waals surface area contributed by atoms with Crippen LogP contribution in [0.4, 0.5) is 0 Å². The molecule has 0 aliphatic carbocycles. The Balaban J connectivity index is -0.000000197. The molecule has 0 aromatic rings. The van der Waals surface area contributed by atoms with Gasteiger partial charge in [-0.25, -0.2) is 0 Å². The number of ether oxygens (including phenoxy) is 2. The molecule has 12 nitrogen and oxygen atoms in total. The van der Waals surface area contributed by atoms with Crippen LogP contribution in [0.3, 0.4) is 0 Å². The monoisotopic (exact) mass is 570 g/mol. The quantitative estimate of drug-likeness (QED) is 0.291. The van der Waals surface area contributed by atoms with Crippen LogP contribution in [-0.4, -0.2) is 38.7 Å². The molecular formula is C13H36O12P6-4. The van der Waals surface area contributed by atoms with Gasteiger partial charge in [0.25, 0.3) is 7.82 Å². The first-order valence-corrected chi connectivity index (χ1v) is 17.8. The van der Waals surface area contributed by atoms with E-state index in [0.717, 1.165) is 14.4 Å². The summed E-state index contributed by atoms with van der Waals surface area (Å²) >= 11 is 0. The lowest BCUT2D eigenvalue weighted by atomic mass is 10.1. The minimum atomic E-state index is -5.83. The van der Waals surface area contributed by atoms with Crippen molar-refractivity contribution < 1.29 is 55.9 Å². The second-order valence-corrected chi connectivity index (χ2v) is 15.1. The molecule has 1 aliphatic rings. The fraction of sp³-hybridized carbons (Fsp3) is 1.00. The summed E-state index contributed by atoms with van der Waals surface area (Å²) < 4.78 is 52.7. The van der Waals surface area contributed by atoms with E-state index in [2.05, 4.69) is 38.3 Å². The molecule has 6 unspecified atom stereocenters. The zero-order valence-corrected chi connectivity index (χ0v) is 22.5. The highest BCUT2D eigenvalue weighted by Gasteiger charge is 2.32. The van der Waals surface area contributed by atoms with Crippen LogP contribution < -0.4 is 19.6 Å². The zero-order valence-electron chi connectivity index (χ0n) is 16.7. The Labute approximate surface area is 191 Å². The lowest BCUT2D eigenvalue weighted by Crippen LogP contribution is -2.27. The lowest BCUT2D eigenvalue weighted by Gasteiger charge is -2.37. The lowest BCUT2D eigenvalue weighted by molar-refractivity contribution is -0.339. The van der Waals surface area contributed by atoms with E-state index in [-0.39, 0.29) is 27.1 Å². The number of methoxy groups -OCH3 is 1. The van der Waals surface area contributed by atoms with Crippen LogP contribution >= 0.6 is 48.6 Å². The third kappa shape index (κ3) is 26.1. The summed E-state index contributed by atoms with van der Waals surface area (Å²) in [4.78, 5) is 40.0. The fourth-order valence-corrected chi connectivity index (χ4v) is 6.20. The van der Waals surface area contributed by atoms with Gasteiger partial charge in [-0.2, -0.15) is 0 Å². The van der Waals surface area contributed by atoms with Crippen molar-refractivity contribution in [3.8, 4) is 0 Å². The molecule has 31 heavy (non-hydrogen) atoms. The van der Waals surface area contributed by atoms with E-state index in [4.69, 9.17) is 14.0 Å². The molecule has 0 N–H and O–H groups in total. The molecule has 0 aromatic carbocycles. The molecule has 0 bridgehead atoms. The number of hydrogen-bond donors (Lipinski definition) is 0. The van der Waals surface area contributed by atoms with Crippen molar-refractivity contribution in [3.05, 3.63) is 0 Å². The Morgan fingerprint density at radius 1 is 1.10 bits per heavy atom. The van der Waals surface area contributed by atoms with Crippen LogP contribution in [0.5, 0.6) is 0 Å². The van der Waals surface area contributed by atoms with Gasteiger partial charge in [-0.05, 0) is 6.92 Å². The Kier molecular flexibility index (Phi) is 25.5. The number of hydrogen-bond acceptors (Lipinski definition) is 12. The Morgan fingerprint density at radius 2 is 1.58 bits per heavy atom. The maximum Gasteiger partial charge on any atom is 0.276 e. The molecule has 1 fully saturated rings. The average molecular weight is 570 g/mol. The molecule has 0 spiro atoms. The first kappa shape index (κ1) is 39.8. The SMILES string of the molecule is C.C.CCC.COC1C[C@H](C)O[C@@H]1COPPP.CP(=O)([O-])OP(=O)([O-])OP(=O)([O-])[O-]. The minimum absolute atomic E-state index is 0. The van der Waals surface area contributed by atoms with Crippen LogP contribution in [-0.2, 0) is 36.3 Å². The molecule has 18 heteroatoms.